The molecule has 7 heteroatoms. The Morgan fingerprint density at radius 2 is 1.75 bits per heavy atom. The van der Waals surface area contributed by atoms with E-state index in [-0.39, 0.29) is 30.5 Å². The first-order chi connectivity index (χ1) is 15.5. The highest BCUT2D eigenvalue weighted by molar-refractivity contribution is 9.10. The van der Waals surface area contributed by atoms with Crippen molar-refractivity contribution < 1.29 is 4.79 Å². The standard InChI is InChI=1S/C25H23BrN4O2/c1-17(18-5-3-2-4-6-18)28-20-8-10-21(11-9-20)29-24(31)13-14-30-16-27-23-12-7-19(26)15-22(23)25(30)32/h2-12,15-17,28H,13-14H2,1H3,(H,29,31). The Morgan fingerprint density at radius 1 is 1.03 bits per heavy atom. The topological polar surface area (TPSA) is 76.0 Å². The van der Waals surface area contributed by atoms with Gasteiger partial charge in [0.05, 0.1) is 17.2 Å². The fourth-order valence-electron chi connectivity index (χ4n) is 3.46. The number of aryl methyl sites for hydroxylation is 1. The van der Waals surface area contributed by atoms with Crippen molar-refractivity contribution in [1.82, 2.24) is 9.55 Å². The van der Waals surface area contributed by atoms with Gasteiger partial charge in [-0.1, -0.05) is 46.3 Å². The number of amides is 1. The van der Waals surface area contributed by atoms with E-state index in [1.165, 1.54) is 16.5 Å². The molecule has 0 bridgehead atoms. The van der Waals surface area contributed by atoms with Gasteiger partial charge < -0.3 is 10.6 Å². The molecule has 4 rings (SSSR count). The van der Waals surface area contributed by atoms with Crippen molar-refractivity contribution in [3.8, 4) is 0 Å². The number of nitrogens with zero attached hydrogens (tertiary/aromatic N) is 2. The van der Waals surface area contributed by atoms with E-state index >= 15 is 0 Å². The minimum atomic E-state index is -0.162. The molecule has 1 aromatic heterocycles. The van der Waals surface area contributed by atoms with E-state index < -0.39 is 0 Å². The zero-order chi connectivity index (χ0) is 22.5. The van der Waals surface area contributed by atoms with Gasteiger partial charge in [-0.15, -0.1) is 0 Å². The van der Waals surface area contributed by atoms with Crippen LogP contribution >= 0.6 is 15.9 Å². The van der Waals surface area contributed by atoms with Crippen molar-refractivity contribution >= 4 is 44.1 Å². The molecular weight excluding hydrogens is 468 g/mol. The molecule has 3 aromatic carbocycles. The first kappa shape index (κ1) is 21.8. The number of rotatable bonds is 7. The molecule has 32 heavy (non-hydrogen) atoms. The molecular formula is C25H23BrN4O2. The number of aromatic nitrogens is 2. The number of hydrogen-bond donors (Lipinski definition) is 2. The van der Waals surface area contributed by atoms with Gasteiger partial charge in [0, 0.05) is 34.9 Å². The van der Waals surface area contributed by atoms with Crippen LogP contribution in [0, 0.1) is 0 Å². The van der Waals surface area contributed by atoms with Gasteiger partial charge in [-0.25, -0.2) is 4.98 Å². The second kappa shape index (κ2) is 9.78. The van der Waals surface area contributed by atoms with Crippen LogP contribution in [0.15, 0.2) is 88.4 Å². The third-order valence-corrected chi connectivity index (χ3v) is 5.71. The summed E-state index contributed by atoms with van der Waals surface area (Å²) < 4.78 is 2.28. The van der Waals surface area contributed by atoms with Crippen molar-refractivity contribution in [2.45, 2.75) is 25.9 Å². The zero-order valence-corrected chi connectivity index (χ0v) is 19.2. The van der Waals surface area contributed by atoms with Crippen LogP contribution in [-0.4, -0.2) is 15.5 Å². The van der Waals surface area contributed by atoms with Gasteiger partial charge in [-0.05, 0) is 55.0 Å². The van der Waals surface area contributed by atoms with Crippen LogP contribution in [0.25, 0.3) is 10.9 Å². The summed E-state index contributed by atoms with van der Waals surface area (Å²) in [5.74, 6) is -0.162. The molecule has 0 fully saturated rings. The molecule has 0 radical (unpaired) electrons. The molecule has 0 spiro atoms. The molecule has 2 N–H and O–H groups in total. The Balaban J connectivity index is 1.34. The highest BCUT2D eigenvalue weighted by atomic mass is 79.9. The molecule has 0 saturated carbocycles. The number of halogens is 1. The fraction of sp³-hybridized carbons (Fsp3) is 0.160. The molecule has 1 amide bonds. The van der Waals surface area contributed by atoms with Crippen molar-refractivity contribution in [2.24, 2.45) is 0 Å². The third-order valence-electron chi connectivity index (χ3n) is 5.22. The summed E-state index contributed by atoms with van der Waals surface area (Å²) in [6.45, 7) is 2.36. The highest BCUT2D eigenvalue weighted by Gasteiger charge is 2.09. The monoisotopic (exact) mass is 490 g/mol. The molecule has 162 valence electrons. The Labute approximate surface area is 194 Å². The quantitative estimate of drug-likeness (QED) is 0.365. The average molecular weight is 491 g/mol. The largest absolute Gasteiger partial charge is 0.379 e. The number of anilines is 2. The fourth-order valence-corrected chi connectivity index (χ4v) is 3.82. The minimum Gasteiger partial charge on any atom is -0.379 e. The number of carbonyl (C=O) groups excluding carboxylic acids is 1. The normalized spacial score (nSPS) is 11.8. The lowest BCUT2D eigenvalue weighted by molar-refractivity contribution is -0.116. The molecule has 0 aliphatic heterocycles. The van der Waals surface area contributed by atoms with E-state index in [0.717, 1.165) is 10.2 Å². The third kappa shape index (κ3) is 5.23. The SMILES string of the molecule is CC(Nc1ccc(NC(=O)CCn2cnc3ccc(Br)cc3c2=O)cc1)c1ccccc1. The lowest BCUT2D eigenvalue weighted by Gasteiger charge is -2.16. The number of nitrogens with one attached hydrogen (secondary N) is 2. The van der Waals surface area contributed by atoms with E-state index in [9.17, 15) is 9.59 Å². The number of benzene rings is 3. The summed E-state index contributed by atoms with van der Waals surface area (Å²) >= 11 is 3.38. The van der Waals surface area contributed by atoms with Crippen molar-refractivity contribution in [3.63, 3.8) is 0 Å². The maximum Gasteiger partial charge on any atom is 0.261 e. The van der Waals surface area contributed by atoms with Gasteiger partial charge in [-0.3, -0.25) is 14.2 Å². The summed E-state index contributed by atoms with van der Waals surface area (Å²) in [7, 11) is 0. The molecule has 0 aliphatic rings. The lowest BCUT2D eigenvalue weighted by atomic mass is 10.1. The number of fused-ring (bicyclic) bond motifs is 1. The smallest absolute Gasteiger partial charge is 0.261 e. The number of carbonyl (C=O) groups is 1. The Bertz CT molecular complexity index is 1290. The zero-order valence-electron chi connectivity index (χ0n) is 17.6. The summed E-state index contributed by atoms with van der Waals surface area (Å²) in [6, 6.07) is 23.4. The van der Waals surface area contributed by atoms with Crippen LogP contribution in [0.2, 0.25) is 0 Å². The van der Waals surface area contributed by atoms with E-state index in [0.29, 0.717) is 16.6 Å². The van der Waals surface area contributed by atoms with Gasteiger partial charge in [0.1, 0.15) is 0 Å². The summed E-state index contributed by atoms with van der Waals surface area (Å²) in [4.78, 5) is 29.3. The number of hydrogen-bond acceptors (Lipinski definition) is 4. The first-order valence-corrected chi connectivity index (χ1v) is 11.1. The van der Waals surface area contributed by atoms with Crippen LogP contribution < -0.4 is 16.2 Å². The maximum atomic E-state index is 12.6. The first-order valence-electron chi connectivity index (χ1n) is 10.4. The maximum absolute atomic E-state index is 12.6. The molecule has 4 aromatic rings. The summed E-state index contributed by atoms with van der Waals surface area (Å²) in [5, 5.41) is 6.85. The van der Waals surface area contributed by atoms with Crippen molar-refractivity contribution in [3.05, 3.63) is 99.5 Å². The molecule has 1 unspecified atom stereocenters. The average Bonchev–Trinajstić information content (AvgIpc) is 2.81. The van der Waals surface area contributed by atoms with Crippen LogP contribution in [0.5, 0.6) is 0 Å². The van der Waals surface area contributed by atoms with E-state index in [1.807, 2.05) is 48.5 Å². The highest BCUT2D eigenvalue weighted by Crippen LogP contribution is 2.21. The minimum absolute atomic E-state index is 0.160. The summed E-state index contributed by atoms with van der Waals surface area (Å²) in [6.07, 6.45) is 1.66. The van der Waals surface area contributed by atoms with Crippen molar-refractivity contribution in [2.75, 3.05) is 10.6 Å². The van der Waals surface area contributed by atoms with Crippen LogP contribution in [-0.2, 0) is 11.3 Å². The molecule has 0 saturated heterocycles. The molecule has 1 atom stereocenters. The molecule has 1 heterocycles. The van der Waals surface area contributed by atoms with E-state index in [4.69, 9.17) is 0 Å². The summed E-state index contributed by atoms with van der Waals surface area (Å²) in [5.41, 5.74) is 3.36. The lowest BCUT2D eigenvalue weighted by Crippen LogP contribution is -2.23. The Kier molecular flexibility index (Phi) is 6.66. The van der Waals surface area contributed by atoms with Crippen LogP contribution in [0.4, 0.5) is 11.4 Å². The van der Waals surface area contributed by atoms with Crippen LogP contribution in [0.3, 0.4) is 0 Å². The van der Waals surface area contributed by atoms with Gasteiger partial charge in [0.15, 0.2) is 0 Å². The van der Waals surface area contributed by atoms with Gasteiger partial charge in [0.2, 0.25) is 5.91 Å². The Hall–Kier alpha value is -3.45. The van der Waals surface area contributed by atoms with E-state index in [2.05, 4.69) is 50.6 Å². The molecule has 6 nitrogen and oxygen atoms in total. The van der Waals surface area contributed by atoms with E-state index in [1.54, 1.807) is 12.1 Å². The second-order valence-corrected chi connectivity index (χ2v) is 8.47. The second-order valence-electron chi connectivity index (χ2n) is 7.56. The molecule has 0 aliphatic carbocycles. The van der Waals surface area contributed by atoms with Gasteiger partial charge in [0.25, 0.3) is 5.56 Å². The van der Waals surface area contributed by atoms with Crippen molar-refractivity contribution in [1.29, 1.82) is 0 Å². The van der Waals surface area contributed by atoms with Gasteiger partial charge >= 0.3 is 0 Å². The van der Waals surface area contributed by atoms with Gasteiger partial charge in [-0.2, -0.15) is 0 Å². The van der Waals surface area contributed by atoms with Crippen LogP contribution in [0.1, 0.15) is 24.9 Å². The predicted molar refractivity (Wildman–Crippen MR) is 132 cm³/mol. The Morgan fingerprint density at radius 3 is 2.50 bits per heavy atom. The predicted octanol–water partition coefficient (Wildman–Crippen LogP) is 5.36.